The van der Waals surface area contributed by atoms with Crippen LogP contribution in [0.1, 0.15) is 51.9 Å². The lowest BCUT2D eigenvalue weighted by atomic mass is 10.0. The maximum absolute atomic E-state index is 12.1. The zero-order valence-corrected chi connectivity index (χ0v) is 16.9. The summed E-state index contributed by atoms with van der Waals surface area (Å²) in [4.78, 5) is 46.4. The molecule has 28 heavy (non-hydrogen) atoms. The van der Waals surface area contributed by atoms with Crippen molar-refractivity contribution >= 4 is 35.6 Å². The van der Waals surface area contributed by atoms with Crippen LogP contribution in [0, 0.1) is 0 Å². The third-order valence-electron chi connectivity index (χ3n) is 4.82. The van der Waals surface area contributed by atoms with E-state index in [1.54, 1.807) is 0 Å². The van der Waals surface area contributed by atoms with Gasteiger partial charge in [-0.05, 0) is 19.3 Å². The maximum atomic E-state index is 12.1. The molecule has 0 aliphatic carbocycles. The third kappa shape index (κ3) is 6.88. The van der Waals surface area contributed by atoms with Crippen LogP contribution < -0.4 is 16.0 Å². The Bertz CT molecular complexity index is 588. The van der Waals surface area contributed by atoms with Gasteiger partial charge in [0.15, 0.2) is 0 Å². The Morgan fingerprint density at radius 2 is 2.07 bits per heavy atom. The van der Waals surface area contributed by atoms with Gasteiger partial charge in [0.25, 0.3) is 0 Å². The Morgan fingerprint density at radius 3 is 2.79 bits per heavy atom. The topological polar surface area (TPSA) is 134 Å². The minimum absolute atomic E-state index is 0.116. The molecule has 4 N–H and O–H groups in total. The van der Waals surface area contributed by atoms with Gasteiger partial charge in [0, 0.05) is 17.4 Å². The van der Waals surface area contributed by atoms with Gasteiger partial charge in [-0.2, -0.15) is 11.8 Å². The Balaban J connectivity index is 1.68. The first-order chi connectivity index (χ1) is 13.4. The van der Waals surface area contributed by atoms with E-state index in [-0.39, 0.29) is 37.0 Å². The van der Waals surface area contributed by atoms with Crippen molar-refractivity contribution in [3.05, 3.63) is 0 Å². The van der Waals surface area contributed by atoms with Gasteiger partial charge >= 0.3 is 18.0 Å². The SMILES string of the molecule is CCCCOC(=O)[C@@H](CC(=O)O)NC(=O)CCCC[C@@H]1SC[C@@H]2NC(=O)N[C@@H]21. The zero-order chi connectivity index (χ0) is 20.5. The molecular weight excluding hydrogens is 386 g/mol. The highest BCUT2D eigenvalue weighted by atomic mass is 32.2. The molecule has 0 unspecified atom stereocenters. The molecule has 0 aromatic heterocycles. The molecule has 3 amide bonds. The van der Waals surface area contributed by atoms with Crippen LogP contribution in [0.15, 0.2) is 0 Å². The second kappa shape index (κ2) is 11.1. The van der Waals surface area contributed by atoms with E-state index in [4.69, 9.17) is 9.84 Å². The molecule has 4 atom stereocenters. The smallest absolute Gasteiger partial charge is 0.329 e. The van der Waals surface area contributed by atoms with Gasteiger partial charge in [-0.3, -0.25) is 9.59 Å². The minimum Gasteiger partial charge on any atom is -0.481 e. The molecule has 9 nitrogen and oxygen atoms in total. The summed E-state index contributed by atoms with van der Waals surface area (Å²) in [5.74, 6) is -1.34. The summed E-state index contributed by atoms with van der Waals surface area (Å²) in [6.45, 7) is 2.17. The number of hydrogen-bond donors (Lipinski definition) is 4. The number of urea groups is 1. The van der Waals surface area contributed by atoms with E-state index in [0.29, 0.717) is 18.1 Å². The van der Waals surface area contributed by atoms with Crippen LogP contribution >= 0.6 is 11.8 Å². The first-order valence-electron chi connectivity index (χ1n) is 9.77. The van der Waals surface area contributed by atoms with E-state index in [1.165, 1.54) is 0 Å². The summed E-state index contributed by atoms with van der Waals surface area (Å²) < 4.78 is 5.03. The van der Waals surface area contributed by atoms with E-state index in [0.717, 1.165) is 25.0 Å². The summed E-state index contributed by atoms with van der Waals surface area (Å²) in [5.41, 5.74) is 0. The first-order valence-corrected chi connectivity index (χ1v) is 10.8. The molecule has 158 valence electrons. The molecule has 2 aliphatic heterocycles. The fourth-order valence-corrected chi connectivity index (χ4v) is 4.87. The first kappa shape index (κ1) is 22.3. The second-order valence-corrected chi connectivity index (χ2v) is 8.38. The van der Waals surface area contributed by atoms with E-state index in [9.17, 15) is 19.2 Å². The van der Waals surface area contributed by atoms with Crippen molar-refractivity contribution in [1.82, 2.24) is 16.0 Å². The van der Waals surface area contributed by atoms with Crippen LogP contribution in [-0.4, -0.2) is 64.7 Å². The molecule has 0 aromatic rings. The predicted molar refractivity (Wildman–Crippen MR) is 104 cm³/mol. The summed E-state index contributed by atoms with van der Waals surface area (Å²) in [6, 6.07) is -0.951. The van der Waals surface area contributed by atoms with E-state index < -0.39 is 24.4 Å². The Kier molecular flexibility index (Phi) is 8.88. The molecule has 2 heterocycles. The average Bonchev–Trinajstić information content (AvgIpc) is 3.17. The minimum atomic E-state index is -1.17. The predicted octanol–water partition coefficient (Wildman–Crippen LogP) is 1.02. The number of hydrogen-bond acceptors (Lipinski definition) is 6. The van der Waals surface area contributed by atoms with Gasteiger partial charge in [-0.15, -0.1) is 0 Å². The fourth-order valence-electron chi connectivity index (χ4n) is 3.33. The standard InChI is InChI=1S/C18H29N3O6S/c1-2-3-8-27-17(25)11(9-15(23)24)19-14(22)7-5-4-6-13-16-12(10-28-13)20-18(26)21-16/h11-13,16H,2-10H2,1H3,(H,19,22)(H,23,24)(H2,20,21,26)/t11-,12+,13+,16+/m1/s1. The molecular formula is C18H29N3O6S. The summed E-state index contributed by atoms with van der Waals surface area (Å²) in [6.07, 6.45) is 3.60. The molecule has 0 radical (unpaired) electrons. The molecule has 0 spiro atoms. The maximum Gasteiger partial charge on any atom is 0.329 e. The van der Waals surface area contributed by atoms with Crippen LogP contribution in [0.5, 0.6) is 0 Å². The number of esters is 1. The molecule has 10 heteroatoms. The number of carbonyl (C=O) groups is 4. The monoisotopic (exact) mass is 415 g/mol. The van der Waals surface area contributed by atoms with Crippen molar-refractivity contribution in [1.29, 1.82) is 0 Å². The highest BCUT2D eigenvalue weighted by Crippen LogP contribution is 2.33. The van der Waals surface area contributed by atoms with Crippen LogP contribution in [0.3, 0.4) is 0 Å². The van der Waals surface area contributed by atoms with Gasteiger partial charge in [-0.25, -0.2) is 9.59 Å². The number of ether oxygens (including phenoxy) is 1. The van der Waals surface area contributed by atoms with Crippen molar-refractivity contribution < 1.29 is 29.0 Å². The van der Waals surface area contributed by atoms with Gasteiger partial charge in [-0.1, -0.05) is 19.8 Å². The lowest BCUT2D eigenvalue weighted by Gasteiger charge is -2.17. The third-order valence-corrected chi connectivity index (χ3v) is 6.33. The van der Waals surface area contributed by atoms with Crippen molar-refractivity contribution in [3.8, 4) is 0 Å². The number of carbonyl (C=O) groups excluding carboxylic acids is 3. The fraction of sp³-hybridized carbons (Fsp3) is 0.778. The molecule has 0 saturated carbocycles. The average molecular weight is 416 g/mol. The number of nitrogens with one attached hydrogen (secondary N) is 3. The second-order valence-electron chi connectivity index (χ2n) is 7.11. The Morgan fingerprint density at radius 1 is 1.29 bits per heavy atom. The quantitative estimate of drug-likeness (QED) is 0.212. The largest absolute Gasteiger partial charge is 0.481 e. The molecule has 0 bridgehead atoms. The number of carboxylic acid groups (broad SMARTS) is 1. The van der Waals surface area contributed by atoms with Gasteiger partial charge < -0.3 is 25.8 Å². The summed E-state index contributed by atoms with van der Waals surface area (Å²) in [5, 5.41) is 17.6. The van der Waals surface area contributed by atoms with E-state index in [2.05, 4.69) is 16.0 Å². The lowest BCUT2D eigenvalue weighted by molar-refractivity contribution is -0.151. The van der Waals surface area contributed by atoms with Gasteiger partial charge in [0.1, 0.15) is 6.04 Å². The van der Waals surface area contributed by atoms with Crippen LogP contribution in [0.4, 0.5) is 4.79 Å². The Hall–Kier alpha value is -1.97. The van der Waals surface area contributed by atoms with E-state index in [1.807, 2.05) is 18.7 Å². The van der Waals surface area contributed by atoms with Gasteiger partial charge in [0.2, 0.25) is 5.91 Å². The van der Waals surface area contributed by atoms with E-state index >= 15 is 0 Å². The molecule has 2 aliphatic rings. The van der Waals surface area contributed by atoms with Crippen LogP contribution in [0.2, 0.25) is 0 Å². The van der Waals surface area contributed by atoms with Gasteiger partial charge in [0.05, 0.1) is 25.1 Å². The number of amides is 3. The number of carboxylic acids is 1. The van der Waals surface area contributed by atoms with Crippen LogP contribution in [-0.2, 0) is 19.1 Å². The normalized spacial score (nSPS) is 24.0. The van der Waals surface area contributed by atoms with Crippen molar-refractivity contribution in [3.63, 3.8) is 0 Å². The number of thioether (sulfide) groups is 1. The highest BCUT2D eigenvalue weighted by Gasteiger charge is 2.42. The number of rotatable bonds is 12. The lowest BCUT2D eigenvalue weighted by Crippen LogP contribution is -2.43. The summed E-state index contributed by atoms with van der Waals surface area (Å²) >= 11 is 1.82. The van der Waals surface area contributed by atoms with Crippen LogP contribution in [0.25, 0.3) is 0 Å². The number of fused-ring (bicyclic) bond motifs is 1. The number of aliphatic carboxylic acids is 1. The summed E-state index contributed by atoms with van der Waals surface area (Å²) in [7, 11) is 0. The zero-order valence-electron chi connectivity index (χ0n) is 16.1. The molecule has 0 aromatic carbocycles. The van der Waals surface area contributed by atoms with Crippen molar-refractivity contribution in [2.24, 2.45) is 0 Å². The molecule has 2 fully saturated rings. The van der Waals surface area contributed by atoms with Crippen molar-refractivity contribution in [2.45, 2.75) is 75.2 Å². The Labute approximate surface area is 168 Å². The van der Waals surface area contributed by atoms with Crippen molar-refractivity contribution in [2.75, 3.05) is 12.4 Å². The molecule has 2 saturated heterocycles. The molecule has 2 rings (SSSR count). The highest BCUT2D eigenvalue weighted by molar-refractivity contribution is 8.00. The number of unbranched alkanes of at least 4 members (excludes halogenated alkanes) is 2.